The van der Waals surface area contributed by atoms with E-state index in [1.807, 2.05) is 0 Å². The van der Waals surface area contributed by atoms with Crippen molar-refractivity contribution in [1.82, 2.24) is 27.4 Å². The molecule has 29 aromatic rings. The van der Waals surface area contributed by atoms with Crippen LogP contribution in [-0.2, 0) is 0 Å². The number of hydrogen-bond acceptors (Lipinski definition) is 0. The molecule has 0 amide bonds. The summed E-state index contributed by atoms with van der Waals surface area (Å²) in [6.45, 7) is 0. The molecule has 29 rings (SSSR count). The van der Waals surface area contributed by atoms with Crippen molar-refractivity contribution in [3.8, 4) is 101 Å². The first-order chi connectivity index (χ1) is 69.5. The van der Waals surface area contributed by atoms with Gasteiger partial charge >= 0.3 is 0 Å². The maximum atomic E-state index is 2.46. The van der Waals surface area contributed by atoms with Gasteiger partial charge in [-0.3, -0.25) is 0 Å². The quantitative estimate of drug-likeness (QED) is 0.117. The molecule has 0 N–H and O–H groups in total. The van der Waals surface area contributed by atoms with Crippen LogP contribution in [0.5, 0.6) is 0 Å². The number of benzene rings is 23. The van der Waals surface area contributed by atoms with Crippen LogP contribution in [0, 0.1) is 0 Å². The Labute approximate surface area is 808 Å². The Morgan fingerprint density at radius 3 is 0.650 bits per heavy atom. The highest BCUT2D eigenvalue weighted by Gasteiger charge is 2.26. The summed E-state index contributed by atoms with van der Waals surface area (Å²) in [4.78, 5) is 0. The maximum Gasteiger partial charge on any atom is 0.0619 e. The Balaban J connectivity index is 0.000000106. The van der Waals surface area contributed by atoms with Crippen molar-refractivity contribution < 1.29 is 0 Å². The molecule has 6 heteroatoms. The van der Waals surface area contributed by atoms with Crippen LogP contribution >= 0.6 is 0 Å². The van der Waals surface area contributed by atoms with Crippen molar-refractivity contribution in [2.24, 2.45) is 0 Å². The third-order valence-electron chi connectivity index (χ3n) is 28.7. The first-order valence-electron chi connectivity index (χ1n) is 48.2. The number of nitrogens with zero attached hydrogens (tertiary/aromatic N) is 6. The van der Waals surface area contributed by atoms with Gasteiger partial charge in [0, 0.05) is 104 Å². The van der Waals surface area contributed by atoms with Gasteiger partial charge in [-0.25, -0.2) is 0 Å². The monoisotopic (exact) mass is 1780 g/mol. The average Bonchev–Trinajstić information content (AvgIpc) is 1.55. The van der Waals surface area contributed by atoms with E-state index in [4.69, 9.17) is 0 Å². The molecular formula is C134H88N6. The fourth-order valence-corrected chi connectivity index (χ4v) is 22.4. The molecule has 0 saturated heterocycles. The molecule has 140 heavy (non-hydrogen) atoms. The summed E-state index contributed by atoms with van der Waals surface area (Å²) >= 11 is 0. The summed E-state index contributed by atoms with van der Waals surface area (Å²) in [6, 6.07) is 194. The number of hydrogen-bond donors (Lipinski definition) is 0. The third kappa shape index (κ3) is 13.5. The second kappa shape index (κ2) is 33.8. The summed E-state index contributed by atoms with van der Waals surface area (Å²) in [5, 5.41) is 20.2. The molecule has 0 aliphatic heterocycles. The standard InChI is InChI=1S/2C46H30N2.C42H28N2/c1-3-13-31(14-4-1)37-19-9-10-20-38(37)32-23-25-36(26-24-32)47-43-22-12-11-21-39(43)41-29-42-40-27-33-15-7-8-16-34(33)28-44(40)48(46(42)30-45(41)47)35-17-5-2-6-18-35;1-3-13-31(14-4-1)36-18-9-10-19-37(36)33-23-26-35(27-24-33)47-43-22-12-11-21-39(43)41-29-42-40-28-25-32-15-7-8-20-38(32)46(40)48(45(42)30-44(41)47)34-16-5-2-6-17-34;1-3-13-29(14-4-1)33-17-7-8-18-34(33)30-23-25-32(26-24-30)44-40-22-12-10-20-36(40)38-27-37-35-19-9-11-21-39(35)43(41(37)28-42(38)44)31-15-5-2-6-16-31/h2*1-30H;1-28H. The summed E-state index contributed by atoms with van der Waals surface area (Å²) in [5.41, 5.74) is 36.2. The SMILES string of the molecule is c1ccc(-c2ccccc2-c2ccc(-n3c4ccccc4c4cc5c6cc7ccccc7cc6n(-c6ccccc6)c5cc43)cc2)cc1.c1ccc(-c2ccccc2-c2ccc(-n3c4ccccc4c4cc5c6ccc7ccccc7c6n(-c6ccccc6)c5cc43)cc2)cc1.c1ccc(-c2ccccc2-c2ccc(-n3c4ccccc4c4cc5c6ccccc6n(-c6ccccc6)c5cc43)cc2)cc1. The first kappa shape index (κ1) is 81.0. The topological polar surface area (TPSA) is 29.6 Å². The molecule has 6 heterocycles. The Morgan fingerprint density at radius 2 is 0.314 bits per heavy atom. The fourth-order valence-electron chi connectivity index (χ4n) is 22.4. The zero-order chi connectivity index (χ0) is 92.2. The van der Waals surface area contributed by atoms with Gasteiger partial charge in [0.1, 0.15) is 0 Å². The molecule has 23 aromatic carbocycles. The van der Waals surface area contributed by atoms with Crippen LogP contribution in [0.3, 0.4) is 0 Å². The second-order valence-electron chi connectivity index (χ2n) is 36.5. The lowest BCUT2D eigenvalue weighted by atomic mass is 9.94. The number of para-hydroxylation sites is 7. The summed E-state index contributed by atoms with van der Waals surface area (Å²) in [5.74, 6) is 0. The van der Waals surface area contributed by atoms with Gasteiger partial charge in [0.2, 0.25) is 0 Å². The van der Waals surface area contributed by atoms with Gasteiger partial charge < -0.3 is 27.4 Å². The Morgan fingerprint density at radius 1 is 0.100 bits per heavy atom. The lowest BCUT2D eigenvalue weighted by Gasteiger charge is -2.13. The van der Waals surface area contributed by atoms with Crippen LogP contribution in [0.15, 0.2) is 534 Å². The van der Waals surface area contributed by atoms with E-state index in [0.717, 1.165) is 28.4 Å². The average molecular weight is 1780 g/mol. The highest BCUT2D eigenvalue weighted by molar-refractivity contribution is 6.25. The molecule has 0 bridgehead atoms. The zero-order valence-corrected chi connectivity index (χ0v) is 76.5. The van der Waals surface area contributed by atoms with E-state index >= 15 is 0 Å². The van der Waals surface area contributed by atoms with E-state index in [1.165, 1.54) is 225 Å². The van der Waals surface area contributed by atoms with Gasteiger partial charge in [-0.1, -0.05) is 388 Å². The van der Waals surface area contributed by atoms with Crippen molar-refractivity contribution in [2.45, 2.75) is 0 Å². The maximum absolute atomic E-state index is 2.46. The number of fused-ring (bicyclic) bond motifs is 21. The summed E-state index contributed by atoms with van der Waals surface area (Å²) in [6.07, 6.45) is 0. The lowest BCUT2D eigenvalue weighted by molar-refractivity contribution is 1.16. The van der Waals surface area contributed by atoms with Gasteiger partial charge in [0.15, 0.2) is 0 Å². The predicted molar refractivity (Wildman–Crippen MR) is 593 cm³/mol. The molecule has 0 atom stereocenters. The Bertz CT molecular complexity index is 9810. The van der Waals surface area contributed by atoms with Gasteiger partial charge in [-0.05, 0) is 229 Å². The molecule has 0 aliphatic rings. The molecule has 0 fully saturated rings. The van der Waals surface area contributed by atoms with Crippen molar-refractivity contribution >= 4 is 152 Å². The summed E-state index contributed by atoms with van der Waals surface area (Å²) in [7, 11) is 0. The van der Waals surface area contributed by atoms with E-state index < -0.39 is 0 Å². The van der Waals surface area contributed by atoms with E-state index in [9.17, 15) is 0 Å². The molecule has 0 radical (unpaired) electrons. The van der Waals surface area contributed by atoms with Gasteiger partial charge in [0.05, 0.1) is 66.2 Å². The molecule has 654 valence electrons. The van der Waals surface area contributed by atoms with Crippen LogP contribution in [-0.4, -0.2) is 27.4 Å². The molecule has 0 aliphatic carbocycles. The van der Waals surface area contributed by atoms with Crippen molar-refractivity contribution in [3.05, 3.63) is 534 Å². The van der Waals surface area contributed by atoms with Crippen molar-refractivity contribution in [3.63, 3.8) is 0 Å². The molecular weight excluding hydrogens is 1690 g/mol. The van der Waals surface area contributed by atoms with Gasteiger partial charge in [0.25, 0.3) is 0 Å². The van der Waals surface area contributed by atoms with Gasteiger partial charge in [-0.2, -0.15) is 0 Å². The third-order valence-corrected chi connectivity index (χ3v) is 28.7. The van der Waals surface area contributed by atoms with E-state index in [1.54, 1.807) is 0 Å². The molecule has 0 saturated carbocycles. The van der Waals surface area contributed by atoms with Gasteiger partial charge in [-0.15, -0.1) is 0 Å². The Kier molecular flexibility index (Phi) is 19.5. The minimum atomic E-state index is 1.15. The fraction of sp³-hybridized carbons (Fsp3) is 0. The van der Waals surface area contributed by atoms with Crippen molar-refractivity contribution in [1.29, 1.82) is 0 Å². The first-order valence-corrected chi connectivity index (χ1v) is 48.2. The minimum absolute atomic E-state index is 1.15. The summed E-state index contributed by atoms with van der Waals surface area (Å²) < 4.78 is 14.6. The van der Waals surface area contributed by atoms with Crippen LogP contribution in [0.2, 0.25) is 0 Å². The second-order valence-corrected chi connectivity index (χ2v) is 36.5. The Hall–Kier alpha value is -18.6. The van der Waals surface area contributed by atoms with Crippen molar-refractivity contribution in [2.75, 3.05) is 0 Å². The van der Waals surface area contributed by atoms with Crippen LogP contribution in [0.25, 0.3) is 253 Å². The minimum Gasteiger partial charge on any atom is -0.309 e. The lowest BCUT2D eigenvalue weighted by Crippen LogP contribution is -1.96. The normalized spacial score (nSPS) is 11.7. The largest absolute Gasteiger partial charge is 0.309 e. The van der Waals surface area contributed by atoms with E-state index in [-0.39, 0.29) is 0 Å². The number of aromatic nitrogens is 6. The highest BCUT2D eigenvalue weighted by atomic mass is 15.0. The predicted octanol–water partition coefficient (Wildman–Crippen LogP) is 36.0. The smallest absolute Gasteiger partial charge is 0.0619 e. The molecule has 6 nitrogen and oxygen atoms in total. The van der Waals surface area contributed by atoms with E-state index in [2.05, 4.69) is 561 Å². The zero-order valence-electron chi connectivity index (χ0n) is 76.5. The molecule has 0 unspecified atom stereocenters. The van der Waals surface area contributed by atoms with E-state index in [0.29, 0.717) is 0 Å². The number of rotatable bonds is 12. The highest BCUT2D eigenvalue weighted by Crippen LogP contribution is 2.48. The molecule has 0 spiro atoms. The van der Waals surface area contributed by atoms with Crippen LogP contribution < -0.4 is 0 Å². The van der Waals surface area contributed by atoms with Crippen LogP contribution in [0.1, 0.15) is 0 Å². The molecule has 6 aromatic heterocycles. The van der Waals surface area contributed by atoms with Crippen LogP contribution in [0.4, 0.5) is 0 Å².